The summed E-state index contributed by atoms with van der Waals surface area (Å²) >= 11 is 0. The molecule has 0 atom stereocenters. The second-order valence-corrected chi connectivity index (χ2v) is 14.4. The van der Waals surface area contributed by atoms with Gasteiger partial charge in [0, 0.05) is 33.1 Å². The van der Waals surface area contributed by atoms with Crippen LogP contribution in [-0.4, -0.2) is 4.57 Å². The van der Waals surface area contributed by atoms with Gasteiger partial charge in [-0.2, -0.15) is 0 Å². The summed E-state index contributed by atoms with van der Waals surface area (Å²) in [4.78, 5) is 2.41. The molecule has 2 heterocycles. The molecule has 0 bridgehead atoms. The van der Waals surface area contributed by atoms with Crippen molar-refractivity contribution >= 4 is 60.8 Å². The lowest BCUT2D eigenvalue weighted by atomic mass is 9.88. The lowest BCUT2D eigenvalue weighted by Crippen LogP contribution is -2.12. The van der Waals surface area contributed by atoms with Gasteiger partial charge in [-0.3, -0.25) is 0 Å². The molecule has 0 unspecified atom stereocenters. The number of furan rings is 1. The van der Waals surface area contributed by atoms with Crippen LogP contribution in [0.1, 0.15) is 0 Å². The third kappa shape index (κ3) is 5.43. The van der Waals surface area contributed by atoms with Crippen LogP contribution in [0.15, 0.2) is 223 Å². The first-order valence-corrected chi connectivity index (χ1v) is 19.4. The van der Waals surface area contributed by atoms with Gasteiger partial charge in [0.15, 0.2) is 0 Å². The highest BCUT2D eigenvalue weighted by atomic mass is 16.3. The third-order valence-electron chi connectivity index (χ3n) is 11.2. The van der Waals surface area contributed by atoms with Gasteiger partial charge in [-0.1, -0.05) is 158 Å². The van der Waals surface area contributed by atoms with E-state index in [-0.39, 0.29) is 0 Å². The second-order valence-electron chi connectivity index (χ2n) is 14.4. The van der Waals surface area contributed by atoms with E-state index in [2.05, 4.69) is 222 Å². The van der Waals surface area contributed by atoms with Crippen molar-refractivity contribution in [2.75, 3.05) is 4.90 Å². The van der Waals surface area contributed by atoms with Gasteiger partial charge in [0.25, 0.3) is 0 Å². The molecule has 0 saturated carbocycles. The average Bonchev–Trinajstić information content (AvgIpc) is 3.84. The van der Waals surface area contributed by atoms with Crippen molar-refractivity contribution in [3.8, 4) is 39.1 Å². The summed E-state index contributed by atoms with van der Waals surface area (Å²) in [6.07, 6.45) is 0. The molecule has 11 aromatic rings. The third-order valence-corrected chi connectivity index (χ3v) is 11.2. The maximum atomic E-state index is 6.48. The van der Waals surface area contributed by atoms with Crippen LogP contribution >= 0.6 is 0 Å². The fraction of sp³-hybridized carbons (Fsp3) is 0. The Kier molecular flexibility index (Phi) is 7.82. The molecule has 3 heteroatoms. The Morgan fingerprint density at radius 2 is 0.825 bits per heavy atom. The largest absolute Gasteiger partial charge is 0.456 e. The normalized spacial score (nSPS) is 11.5. The number of hydrogen-bond donors (Lipinski definition) is 0. The molecule has 0 N–H and O–H groups in total. The van der Waals surface area contributed by atoms with Gasteiger partial charge in [0.1, 0.15) is 11.2 Å². The standard InChI is InChI=1S/C54H36N2O/c1-2-17-37(18-3-1)40-19-4-5-20-41(40)42-21-6-7-22-43(42)44-23-8-12-27-48(44)56(51-30-16-32-53-54(51)47-26-11-15-31-52(47)57-53)39-35-33-38(34-36-39)55-49-28-13-9-24-45(49)46-25-10-14-29-50(46)55/h1-36H. The topological polar surface area (TPSA) is 21.3 Å². The van der Waals surface area contributed by atoms with E-state index in [9.17, 15) is 0 Å². The number of nitrogens with zero attached hydrogens (tertiary/aromatic N) is 2. The lowest BCUT2D eigenvalue weighted by molar-refractivity contribution is 0.669. The van der Waals surface area contributed by atoms with Gasteiger partial charge in [0.05, 0.1) is 27.8 Å². The van der Waals surface area contributed by atoms with E-state index >= 15 is 0 Å². The molecule has 11 rings (SSSR count). The van der Waals surface area contributed by atoms with Crippen LogP contribution in [0, 0.1) is 0 Å². The first-order valence-electron chi connectivity index (χ1n) is 19.4. The summed E-state index contributed by atoms with van der Waals surface area (Å²) in [6, 6.07) is 78.1. The SMILES string of the molecule is c1ccc(-c2ccccc2-c2ccccc2-c2ccccc2N(c2ccc(-n3c4ccccc4c4ccccc43)cc2)c2cccc3oc4ccccc4c23)cc1. The average molecular weight is 729 g/mol. The molecular formula is C54H36N2O. The summed E-state index contributed by atoms with van der Waals surface area (Å²) in [7, 11) is 0. The van der Waals surface area contributed by atoms with E-state index in [0.717, 1.165) is 55.8 Å². The van der Waals surface area contributed by atoms with Crippen LogP contribution in [0.2, 0.25) is 0 Å². The molecule has 268 valence electrons. The molecule has 9 aromatic carbocycles. The quantitative estimate of drug-likeness (QED) is 0.163. The Morgan fingerprint density at radius 3 is 1.53 bits per heavy atom. The van der Waals surface area contributed by atoms with Gasteiger partial charge in [-0.15, -0.1) is 0 Å². The number of para-hydroxylation sites is 4. The van der Waals surface area contributed by atoms with Crippen LogP contribution < -0.4 is 4.90 Å². The van der Waals surface area contributed by atoms with Gasteiger partial charge in [-0.05, 0) is 88.5 Å². The minimum absolute atomic E-state index is 0.857. The summed E-state index contributed by atoms with van der Waals surface area (Å²) in [6.45, 7) is 0. The Bertz CT molecular complexity index is 3190. The highest BCUT2D eigenvalue weighted by Gasteiger charge is 2.24. The summed E-state index contributed by atoms with van der Waals surface area (Å²) in [5.41, 5.74) is 15.5. The number of hydrogen-bond acceptors (Lipinski definition) is 2. The molecule has 3 nitrogen and oxygen atoms in total. The molecule has 0 spiro atoms. The zero-order chi connectivity index (χ0) is 37.7. The molecule has 0 aliphatic carbocycles. The maximum absolute atomic E-state index is 6.48. The fourth-order valence-electron chi connectivity index (χ4n) is 8.74. The Balaban J connectivity index is 1.14. The molecule has 0 fully saturated rings. The van der Waals surface area contributed by atoms with Gasteiger partial charge < -0.3 is 13.9 Å². The molecule has 57 heavy (non-hydrogen) atoms. The van der Waals surface area contributed by atoms with E-state index < -0.39 is 0 Å². The monoisotopic (exact) mass is 728 g/mol. The fourth-order valence-corrected chi connectivity index (χ4v) is 8.74. The molecule has 0 aliphatic heterocycles. The minimum atomic E-state index is 0.857. The van der Waals surface area contributed by atoms with Crippen LogP contribution in [0.25, 0.3) is 82.8 Å². The number of benzene rings is 9. The van der Waals surface area contributed by atoms with Crippen molar-refractivity contribution < 1.29 is 4.42 Å². The Morgan fingerprint density at radius 1 is 0.333 bits per heavy atom. The predicted molar refractivity (Wildman–Crippen MR) is 239 cm³/mol. The first-order chi connectivity index (χ1) is 28.3. The van der Waals surface area contributed by atoms with Gasteiger partial charge in [0.2, 0.25) is 0 Å². The van der Waals surface area contributed by atoms with Crippen LogP contribution in [-0.2, 0) is 0 Å². The highest BCUT2D eigenvalue weighted by Crippen LogP contribution is 2.48. The number of fused-ring (bicyclic) bond motifs is 6. The molecule has 2 aromatic heterocycles. The van der Waals surface area contributed by atoms with Crippen LogP contribution in [0.4, 0.5) is 17.1 Å². The van der Waals surface area contributed by atoms with Crippen LogP contribution in [0.3, 0.4) is 0 Å². The molecule has 0 amide bonds. The predicted octanol–water partition coefficient (Wildman–Crippen LogP) is 15.2. The Labute approximate surface area is 330 Å². The zero-order valence-corrected chi connectivity index (χ0v) is 31.1. The first kappa shape index (κ1) is 32.8. The van der Waals surface area contributed by atoms with Gasteiger partial charge >= 0.3 is 0 Å². The van der Waals surface area contributed by atoms with E-state index in [1.165, 1.54) is 44.1 Å². The van der Waals surface area contributed by atoms with Crippen molar-refractivity contribution in [3.05, 3.63) is 218 Å². The second kappa shape index (κ2) is 13.6. The smallest absolute Gasteiger partial charge is 0.137 e. The summed E-state index contributed by atoms with van der Waals surface area (Å²) < 4.78 is 8.85. The van der Waals surface area contributed by atoms with Crippen molar-refractivity contribution in [2.24, 2.45) is 0 Å². The van der Waals surface area contributed by atoms with Crippen molar-refractivity contribution in [1.82, 2.24) is 4.57 Å². The lowest BCUT2D eigenvalue weighted by Gasteiger charge is -2.29. The number of rotatable bonds is 7. The summed E-state index contributed by atoms with van der Waals surface area (Å²) in [5.74, 6) is 0. The van der Waals surface area contributed by atoms with E-state index in [1.54, 1.807) is 0 Å². The minimum Gasteiger partial charge on any atom is -0.456 e. The molecule has 0 saturated heterocycles. The van der Waals surface area contributed by atoms with E-state index in [0.29, 0.717) is 0 Å². The molecule has 0 aliphatic rings. The maximum Gasteiger partial charge on any atom is 0.137 e. The molecule has 0 radical (unpaired) electrons. The van der Waals surface area contributed by atoms with Crippen molar-refractivity contribution in [1.29, 1.82) is 0 Å². The Hall–Kier alpha value is -7.62. The van der Waals surface area contributed by atoms with Crippen LogP contribution in [0.5, 0.6) is 0 Å². The molecular weight excluding hydrogens is 693 g/mol. The van der Waals surface area contributed by atoms with Gasteiger partial charge in [-0.25, -0.2) is 0 Å². The van der Waals surface area contributed by atoms with E-state index in [1.807, 2.05) is 6.07 Å². The number of anilines is 3. The number of aromatic nitrogens is 1. The van der Waals surface area contributed by atoms with E-state index in [4.69, 9.17) is 4.42 Å². The summed E-state index contributed by atoms with van der Waals surface area (Å²) in [5, 5.41) is 4.67. The zero-order valence-electron chi connectivity index (χ0n) is 31.1. The highest BCUT2D eigenvalue weighted by molar-refractivity contribution is 6.14. The van der Waals surface area contributed by atoms with Crippen molar-refractivity contribution in [3.63, 3.8) is 0 Å². The van der Waals surface area contributed by atoms with Crippen molar-refractivity contribution in [2.45, 2.75) is 0 Å².